The molecule has 2 bridgehead atoms. The van der Waals surface area contributed by atoms with Gasteiger partial charge in [-0.1, -0.05) is 32.6 Å². The van der Waals surface area contributed by atoms with Crippen molar-refractivity contribution in [3.05, 3.63) is 0 Å². The number of nitrogens with one attached hydrogen (secondary N) is 1. The largest absolute Gasteiger partial charge is 0.351 e. The van der Waals surface area contributed by atoms with Crippen LogP contribution in [0.5, 0.6) is 0 Å². The molecule has 21 heavy (non-hydrogen) atoms. The minimum absolute atomic E-state index is 0.113. The number of unbranched alkanes of at least 4 members (excludes halogenated alkanes) is 3. The van der Waals surface area contributed by atoms with E-state index in [0.717, 1.165) is 37.4 Å². The lowest BCUT2D eigenvalue weighted by molar-refractivity contribution is -0.124. The van der Waals surface area contributed by atoms with Gasteiger partial charge in [-0.3, -0.25) is 4.79 Å². The summed E-state index contributed by atoms with van der Waals surface area (Å²) in [6.07, 6.45) is 13.9. The minimum Gasteiger partial charge on any atom is -0.351 e. The second-order valence-electron chi connectivity index (χ2n) is 7.27. The Bertz CT molecular complexity index is 355. The molecule has 2 aliphatic rings. The van der Waals surface area contributed by atoms with Crippen LogP contribution in [0.4, 0.5) is 0 Å². The van der Waals surface area contributed by atoms with Crippen LogP contribution >= 0.6 is 0 Å². The highest BCUT2D eigenvalue weighted by atomic mass is 16.1. The van der Waals surface area contributed by atoms with Gasteiger partial charge in [0.15, 0.2) is 0 Å². The first kappa shape index (κ1) is 16.5. The highest BCUT2D eigenvalue weighted by molar-refractivity contribution is 5.76. The number of rotatable bonds is 8. The summed E-state index contributed by atoms with van der Waals surface area (Å²) in [6.45, 7) is 2.29. The van der Waals surface area contributed by atoms with Gasteiger partial charge in [0, 0.05) is 18.4 Å². The molecule has 3 heteroatoms. The van der Waals surface area contributed by atoms with Gasteiger partial charge >= 0.3 is 0 Å². The first-order chi connectivity index (χ1) is 10.2. The summed E-state index contributed by atoms with van der Waals surface area (Å²) in [4.78, 5) is 22.5. The van der Waals surface area contributed by atoms with Crippen LogP contribution in [0.2, 0.25) is 0 Å². The summed E-state index contributed by atoms with van der Waals surface area (Å²) in [6, 6.07) is 0. The number of fused-ring (bicyclic) bond motifs is 2. The van der Waals surface area contributed by atoms with E-state index < -0.39 is 0 Å². The lowest BCUT2D eigenvalue weighted by Crippen LogP contribution is -2.55. The van der Waals surface area contributed by atoms with Crippen molar-refractivity contribution in [2.24, 2.45) is 11.8 Å². The topological polar surface area (TPSA) is 46.2 Å². The Hall–Kier alpha value is -0.860. The Morgan fingerprint density at radius 1 is 1.29 bits per heavy atom. The summed E-state index contributed by atoms with van der Waals surface area (Å²) in [5, 5.41) is 3.41. The number of carbonyl (C=O) groups is 2. The zero-order chi connectivity index (χ0) is 15.1. The van der Waals surface area contributed by atoms with Crippen LogP contribution in [0, 0.1) is 11.8 Å². The summed E-state index contributed by atoms with van der Waals surface area (Å²) in [5.74, 6) is 1.88. The van der Waals surface area contributed by atoms with E-state index in [1.165, 1.54) is 44.9 Å². The molecular formula is C18H31NO2. The first-order valence-corrected chi connectivity index (χ1v) is 8.92. The molecule has 3 unspecified atom stereocenters. The Kier molecular flexibility index (Phi) is 6.25. The third-order valence-electron chi connectivity index (χ3n) is 5.50. The molecular weight excluding hydrogens is 262 g/mol. The Morgan fingerprint density at radius 2 is 2.14 bits per heavy atom. The van der Waals surface area contributed by atoms with Crippen molar-refractivity contribution < 1.29 is 9.59 Å². The van der Waals surface area contributed by atoms with Gasteiger partial charge in [-0.15, -0.1) is 0 Å². The van der Waals surface area contributed by atoms with Gasteiger partial charge in [-0.25, -0.2) is 0 Å². The number of carbonyl (C=O) groups excluding carboxylic acids is 2. The molecule has 0 saturated heterocycles. The van der Waals surface area contributed by atoms with Crippen LogP contribution in [0.3, 0.4) is 0 Å². The number of hydrogen-bond acceptors (Lipinski definition) is 2. The summed E-state index contributed by atoms with van der Waals surface area (Å²) < 4.78 is 0. The predicted molar refractivity (Wildman–Crippen MR) is 85.0 cm³/mol. The van der Waals surface area contributed by atoms with Gasteiger partial charge in [0.25, 0.3) is 0 Å². The van der Waals surface area contributed by atoms with Gasteiger partial charge < -0.3 is 10.1 Å². The Balaban J connectivity index is 1.79. The van der Waals surface area contributed by atoms with Gasteiger partial charge in [0.05, 0.1) is 0 Å². The standard InChI is InChI=1S/C18H31NO2/c1-2-15-12-16-8-7-10-18(13-15,14-16)19-17(21)9-5-3-4-6-11-20/h11,15-16H,2-10,12-14H2,1H3,(H,19,21). The number of amides is 1. The molecule has 2 saturated carbocycles. The van der Waals surface area contributed by atoms with Crippen LogP contribution < -0.4 is 5.32 Å². The van der Waals surface area contributed by atoms with E-state index in [9.17, 15) is 9.59 Å². The van der Waals surface area contributed by atoms with Crippen LogP contribution in [0.25, 0.3) is 0 Å². The summed E-state index contributed by atoms with van der Waals surface area (Å²) in [7, 11) is 0. The van der Waals surface area contributed by atoms with E-state index in [1.54, 1.807) is 0 Å². The van der Waals surface area contributed by atoms with Gasteiger partial charge in [-0.2, -0.15) is 0 Å². The van der Waals surface area contributed by atoms with Gasteiger partial charge in [0.2, 0.25) is 5.91 Å². The molecule has 0 aliphatic heterocycles. The van der Waals surface area contributed by atoms with Crippen LogP contribution in [0.1, 0.15) is 84.0 Å². The van der Waals surface area contributed by atoms with Crippen molar-refractivity contribution in [2.75, 3.05) is 0 Å². The lowest BCUT2D eigenvalue weighted by atomic mass is 9.63. The zero-order valence-electron chi connectivity index (χ0n) is 13.5. The molecule has 0 aromatic carbocycles. The highest BCUT2D eigenvalue weighted by Gasteiger charge is 2.43. The van der Waals surface area contributed by atoms with Gasteiger partial charge in [0.1, 0.15) is 6.29 Å². The Morgan fingerprint density at radius 3 is 2.90 bits per heavy atom. The van der Waals surface area contributed by atoms with E-state index >= 15 is 0 Å². The van der Waals surface area contributed by atoms with Crippen molar-refractivity contribution in [1.29, 1.82) is 0 Å². The molecule has 2 rings (SSSR count). The fourth-order valence-electron chi connectivity index (χ4n) is 4.50. The second kappa shape index (κ2) is 7.95. The summed E-state index contributed by atoms with van der Waals surface area (Å²) in [5.41, 5.74) is 0.113. The quantitative estimate of drug-likeness (QED) is 0.543. The average Bonchev–Trinajstić information content (AvgIpc) is 2.46. The van der Waals surface area contributed by atoms with Crippen LogP contribution in [-0.2, 0) is 9.59 Å². The molecule has 1 N–H and O–H groups in total. The van der Waals surface area contributed by atoms with Crippen LogP contribution in [-0.4, -0.2) is 17.7 Å². The van der Waals surface area contributed by atoms with Crippen molar-refractivity contribution in [1.82, 2.24) is 5.32 Å². The highest BCUT2D eigenvalue weighted by Crippen LogP contribution is 2.46. The molecule has 3 nitrogen and oxygen atoms in total. The molecule has 0 heterocycles. The maximum atomic E-state index is 12.3. The number of hydrogen-bond donors (Lipinski definition) is 1. The van der Waals surface area contributed by atoms with E-state index in [4.69, 9.17) is 0 Å². The number of aldehydes is 1. The fraction of sp³-hybridized carbons (Fsp3) is 0.889. The fourth-order valence-corrected chi connectivity index (χ4v) is 4.50. The second-order valence-corrected chi connectivity index (χ2v) is 7.27. The zero-order valence-corrected chi connectivity index (χ0v) is 13.5. The molecule has 2 fully saturated rings. The average molecular weight is 293 g/mol. The van der Waals surface area contributed by atoms with Gasteiger partial charge in [-0.05, 0) is 50.4 Å². The van der Waals surface area contributed by atoms with Crippen molar-refractivity contribution >= 4 is 12.2 Å². The maximum Gasteiger partial charge on any atom is 0.220 e. The van der Waals surface area contributed by atoms with E-state index in [-0.39, 0.29) is 11.4 Å². The van der Waals surface area contributed by atoms with Crippen molar-refractivity contribution in [2.45, 2.75) is 89.5 Å². The normalized spacial score (nSPS) is 31.7. The van der Waals surface area contributed by atoms with Crippen molar-refractivity contribution in [3.63, 3.8) is 0 Å². The van der Waals surface area contributed by atoms with E-state index in [1.807, 2.05) is 0 Å². The van der Waals surface area contributed by atoms with Crippen molar-refractivity contribution in [3.8, 4) is 0 Å². The van der Waals surface area contributed by atoms with E-state index in [0.29, 0.717) is 12.8 Å². The SMILES string of the molecule is CCC1CC2CCCC(NC(=O)CCCCCC=O)(C1)C2. The minimum atomic E-state index is 0.113. The Labute approximate surface area is 129 Å². The third-order valence-corrected chi connectivity index (χ3v) is 5.50. The maximum absolute atomic E-state index is 12.3. The monoisotopic (exact) mass is 293 g/mol. The summed E-state index contributed by atoms with van der Waals surface area (Å²) >= 11 is 0. The smallest absolute Gasteiger partial charge is 0.220 e. The molecule has 3 atom stereocenters. The molecule has 2 aliphatic carbocycles. The third kappa shape index (κ3) is 4.82. The molecule has 0 aromatic rings. The molecule has 0 spiro atoms. The molecule has 0 radical (unpaired) electrons. The predicted octanol–water partition coefficient (Wildman–Crippen LogP) is 4.00. The lowest BCUT2D eigenvalue weighted by Gasteiger charge is -2.48. The molecule has 0 aromatic heterocycles. The molecule has 120 valence electrons. The van der Waals surface area contributed by atoms with E-state index in [2.05, 4.69) is 12.2 Å². The molecule has 1 amide bonds. The first-order valence-electron chi connectivity index (χ1n) is 8.92. The van der Waals surface area contributed by atoms with Crippen LogP contribution in [0.15, 0.2) is 0 Å².